The molecular formula is C13H16O4. The van der Waals surface area contributed by atoms with Crippen LogP contribution < -0.4 is 0 Å². The minimum absolute atomic E-state index is 0.111. The number of carbonyl (C=O) groups is 2. The minimum atomic E-state index is -1.07. The molecule has 0 aromatic carbocycles. The van der Waals surface area contributed by atoms with Crippen LogP contribution in [-0.2, 0) is 19.1 Å². The molecule has 0 aromatic rings. The summed E-state index contributed by atoms with van der Waals surface area (Å²) >= 11 is 0. The van der Waals surface area contributed by atoms with Gasteiger partial charge in [-0.1, -0.05) is 13.2 Å². The van der Waals surface area contributed by atoms with E-state index in [4.69, 9.17) is 9.47 Å². The van der Waals surface area contributed by atoms with Gasteiger partial charge < -0.3 is 9.47 Å². The second-order valence-corrected chi connectivity index (χ2v) is 4.52. The summed E-state index contributed by atoms with van der Waals surface area (Å²) in [5.41, 5.74) is 0. The van der Waals surface area contributed by atoms with Crippen LogP contribution in [0.4, 0.5) is 0 Å². The Labute approximate surface area is 100 Å². The van der Waals surface area contributed by atoms with E-state index in [9.17, 15) is 9.59 Å². The molecule has 0 unspecified atom stereocenters. The van der Waals surface area contributed by atoms with Gasteiger partial charge in [0.15, 0.2) is 0 Å². The van der Waals surface area contributed by atoms with Crippen molar-refractivity contribution in [3.05, 3.63) is 25.3 Å². The second kappa shape index (κ2) is 4.35. The lowest BCUT2D eigenvalue weighted by Gasteiger charge is -2.32. The van der Waals surface area contributed by atoms with E-state index in [1.165, 1.54) is 0 Å². The lowest BCUT2D eigenvalue weighted by atomic mass is 10.0. The zero-order valence-electron chi connectivity index (χ0n) is 9.69. The first kappa shape index (κ1) is 11.9. The predicted octanol–water partition coefficient (Wildman–Crippen LogP) is 1.96. The molecule has 2 saturated carbocycles. The third kappa shape index (κ3) is 1.88. The summed E-state index contributed by atoms with van der Waals surface area (Å²) in [5, 5.41) is 0. The number of hydrogen-bond donors (Lipinski definition) is 0. The third-order valence-corrected chi connectivity index (χ3v) is 3.72. The van der Waals surface area contributed by atoms with E-state index < -0.39 is 17.7 Å². The molecule has 4 heteroatoms. The van der Waals surface area contributed by atoms with Crippen LogP contribution in [0.25, 0.3) is 0 Å². The minimum Gasteiger partial charge on any atom is -0.419 e. The van der Waals surface area contributed by atoms with Crippen LogP contribution in [0.5, 0.6) is 0 Å². The smallest absolute Gasteiger partial charge is 0.333 e. The van der Waals surface area contributed by atoms with Gasteiger partial charge in [-0.05, 0) is 25.7 Å². The summed E-state index contributed by atoms with van der Waals surface area (Å²) in [4.78, 5) is 22.8. The van der Waals surface area contributed by atoms with Crippen LogP contribution in [0, 0.1) is 11.8 Å². The van der Waals surface area contributed by atoms with Gasteiger partial charge in [0, 0.05) is 24.0 Å². The summed E-state index contributed by atoms with van der Waals surface area (Å²) < 4.78 is 10.7. The summed E-state index contributed by atoms with van der Waals surface area (Å²) in [7, 11) is 0. The van der Waals surface area contributed by atoms with Crippen molar-refractivity contribution < 1.29 is 19.1 Å². The van der Waals surface area contributed by atoms with Crippen molar-refractivity contribution in [2.24, 2.45) is 11.8 Å². The zero-order valence-corrected chi connectivity index (χ0v) is 9.69. The van der Waals surface area contributed by atoms with Gasteiger partial charge in [0.1, 0.15) is 0 Å². The Bertz CT molecular complexity index is 328. The number of fused-ring (bicyclic) bond motifs is 2. The van der Waals surface area contributed by atoms with Crippen LogP contribution in [0.3, 0.4) is 0 Å². The molecule has 0 aromatic heterocycles. The molecule has 4 nitrogen and oxygen atoms in total. The summed E-state index contributed by atoms with van der Waals surface area (Å²) in [5.74, 6) is -1.93. The Kier molecular flexibility index (Phi) is 3.05. The lowest BCUT2D eigenvalue weighted by Crippen LogP contribution is -2.44. The van der Waals surface area contributed by atoms with E-state index in [1.807, 2.05) is 0 Å². The second-order valence-electron chi connectivity index (χ2n) is 4.52. The average Bonchev–Trinajstić information content (AvgIpc) is 2.83. The van der Waals surface area contributed by atoms with Crippen LogP contribution in [-0.4, -0.2) is 17.7 Å². The molecule has 2 aliphatic carbocycles. The van der Waals surface area contributed by atoms with E-state index in [1.54, 1.807) is 0 Å². The average molecular weight is 236 g/mol. The normalized spacial score (nSPS) is 28.5. The Hall–Kier alpha value is -1.58. The van der Waals surface area contributed by atoms with Crippen LogP contribution in [0.15, 0.2) is 25.3 Å². The van der Waals surface area contributed by atoms with Gasteiger partial charge in [0.05, 0.1) is 0 Å². The number of rotatable bonds is 4. The molecule has 0 amide bonds. The fraction of sp³-hybridized carbons (Fsp3) is 0.538. The first-order chi connectivity index (χ1) is 8.12. The molecule has 0 N–H and O–H groups in total. The quantitative estimate of drug-likeness (QED) is 0.425. The number of carbonyl (C=O) groups excluding carboxylic acids is 2. The first-order valence-corrected chi connectivity index (χ1v) is 5.83. The maximum atomic E-state index is 11.4. The van der Waals surface area contributed by atoms with Gasteiger partial charge in [-0.15, -0.1) is 0 Å². The topological polar surface area (TPSA) is 52.6 Å². The largest absolute Gasteiger partial charge is 0.419 e. The van der Waals surface area contributed by atoms with E-state index in [2.05, 4.69) is 13.2 Å². The van der Waals surface area contributed by atoms with Gasteiger partial charge in [-0.25, -0.2) is 9.59 Å². The monoisotopic (exact) mass is 236 g/mol. The molecule has 17 heavy (non-hydrogen) atoms. The van der Waals surface area contributed by atoms with Crippen molar-refractivity contribution in [1.82, 2.24) is 0 Å². The van der Waals surface area contributed by atoms with Gasteiger partial charge in [-0.2, -0.15) is 0 Å². The highest BCUT2D eigenvalue weighted by atomic mass is 16.7. The molecule has 0 radical (unpaired) electrons. The summed E-state index contributed by atoms with van der Waals surface area (Å²) in [6.45, 7) is 6.74. The van der Waals surface area contributed by atoms with E-state index in [0.29, 0.717) is 0 Å². The molecule has 2 aliphatic rings. The summed E-state index contributed by atoms with van der Waals surface area (Å²) in [6, 6.07) is 0. The van der Waals surface area contributed by atoms with Gasteiger partial charge in [-0.3, -0.25) is 0 Å². The van der Waals surface area contributed by atoms with Crippen molar-refractivity contribution in [1.29, 1.82) is 0 Å². The highest BCUT2D eigenvalue weighted by Gasteiger charge is 2.60. The van der Waals surface area contributed by atoms with Gasteiger partial charge >= 0.3 is 11.9 Å². The highest BCUT2D eigenvalue weighted by molar-refractivity contribution is 5.83. The van der Waals surface area contributed by atoms with Gasteiger partial charge in [0.25, 0.3) is 5.79 Å². The number of esters is 2. The fourth-order valence-corrected chi connectivity index (χ4v) is 2.98. The van der Waals surface area contributed by atoms with E-state index in [-0.39, 0.29) is 11.8 Å². The third-order valence-electron chi connectivity index (χ3n) is 3.72. The first-order valence-electron chi connectivity index (χ1n) is 5.83. The van der Waals surface area contributed by atoms with Gasteiger partial charge in [0.2, 0.25) is 0 Å². The summed E-state index contributed by atoms with van der Waals surface area (Å²) in [6.07, 6.45) is 5.92. The van der Waals surface area contributed by atoms with E-state index in [0.717, 1.165) is 37.8 Å². The highest BCUT2D eigenvalue weighted by Crippen LogP contribution is 2.55. The Morgan fingerprint density at radius 1 is 0.941 bits per heavy atom. The molecule has 92 valence electrons. The van der Waals surface area contributed by atoms with Crippen molar-refractivity contribution in [2.45, 2.75) is 31.5 Å². The Balaban J connectivity index is 2.23. The Morgan fingerprint density at radius 3 is 1.59 bits per heavy atom. The van der Waals surface area contributed by atoms with Crippen molar-refractivity contribution >= 4 is 11.9 Å². The lowest BCUT2D eigenvalue weighted by molar-refractivity contribution is -0.239. The maximum absolute atomic E-state index is 11.4. The molecule has 0 spiro atoms. The zero-order chi connectivity index (χ0) is 12.5. The standard InChI is InChI=1S/C13H16O4/c1-3-11(14)16-13(17-12(15)4-2)9-5-6-10(13)8-7-9/h3-4,9-10H,1-2,5-8H2. The fourth-order valence-electron chi connectivity index (χ4n) is 2.98. The predicted molar refractivity (Wildman–Crippen MR) is 60.8 cm³/mol. The molecule has 2 bridgehead atoms. The van der Waals surface area contributed by atoms with Crippen molar-refractivity contribution in [3.63, 3.8) is 0 Å². The molecule has 0 saturated heterocycles. The van der Waals surface area contributed by atoms with Crippen LogP contribution in [0.2, 0.25) is 0 Å². The van der Waals surface area contributed by atoms with Crippen LogP contribution >= 0.6 is 0 Å². The van der Waals surface area contributed by atoms with E-state index >= 15 is 0 Å². The van der Waals surface area contributed by atoms with Crippen molar-refractivity contribution in [2.75, 3.05) is 0 Å². The molecule has 0 heterocycles. The number of hydrogen-bond acceptors (Lipinski definition) is 4. The Morgan fingerprint density at radius 2 is 1.29 bits per heavy atom. The molecular weight excluding hydrogens is 220 g/mol. The molecule has 2 rings (SSSR count). The molecule has 0 atom stereocenters. The SMILES string of the molecule is C=CC(=O)OC1(OC(=O)C=C)C2CCC1CC2. The molecule has 2 fully saturated rings. The number of ether oxygens (including phenoxy) is 2. The van der Waals surface area contributed by atoms with Crippen molar-refractivity contribution in [3.8, 4) is 0 Å². The van der Waals surface area contributed by atoms with Crippen LogP contribution in [0.1, 0.15) is 25.7 Å². The maximum Gasteiger partial charge on any atom is 0.333 e. The molecule has 0 aliphatic heterocycles.